The molecule has 0 fully saturated rings. The summed E-state index contributed by atoms with van der Waals surface area (Å²) >= 11 is 0. The summed E-state index contributed by atoms with van der Waals surface area (Å²) in [5.74, 6) is 0. The van der Waals surface area contributed by atoms with E-state index in [1.54, 1.807) is 0 Å². The molecule has 0 saturated carbocycles. The number of anilines is 1. The van der Waals surface area contributed by atoms with Gasteiger partial charge in [0.15, 0.2) is 0 Å². The van der Waals surface area contributed by atoms with Crippen molar-refractivity contribution in [1.82, 2.24) is 4.57 Å². The van der Waals surface area contributed by atoms with Crippen molar-refractivity contribution in [2.45, 2.75) is 19.3 Å². The minimum atomic E-state index is -0.00771. The Morgan fingerprint density at radius 1 is 0.467 bits per heavy atom. The Kier molecular flexibility index (Phi) is 5.43. The van der Waals surface area contributed by atoms with E-state index in [4.69, 9.17) is 5.73 Å². The van der Waals surface area contributed by atoms with Crippen molar-refractivity contribution < 1.29 is 0 Å². The van der Waals surface area contributed by atoms with Crippen molar-refractivity contribution in [3.05, 3.63) is 157 Å². The minimum Gasteiger partial charge on any atom is -0.398 e. The molecule has 0 atom stereocenters. The van der Waals surface area contributed by atoms with Crippen LogP contribution in [0.2, 0.25) is 0 Å². The van der Waals surface area contributed by atoms with Gasteiger partial charge in [0, 0.05) is 38.5 Å². The Hall–Kier alpha value is -5.60. The average molecular weight is 577 g/mol. The summed E-state index contributed by atoms with van der Waals surface area (Å²) in [5, 5.41) is 4.76. The highest BCUT2D eigenvalue weighted by molar-refractivity contribution is 6.10. The lowest BCUT2D eigenvalue weighted by molar-refractivity contribution is 0.660. The SMILES string of the molecule is CC1(C)c2ccccc2-c2cc(-n3c4ccccc4c4cc(-c5cccc(-c6ccc7ccccc7c6N)c5)ccc43)ccc21. The molecule has 2 N–H and O–H groups in total. The quantitative estimate of drug-likeness (QED) is 0.208. The van der Waals surface area contributed by atoms with E-state index >= 15 is 0 Å². The van der Waals surface area contributed by atoms with Crippen LogP contribution in [0.15, 0.2) is 146 Å². The van der Waals surface area contributed by atoms with Crippen LogP contribution in [0.3, 0.4) is 0 Å². The Balaban J connectivity index is 1.19. The Morgan fingerprint density at radius 2 is 1.18 bits per heavy atom. The summed E-state index contributed by atoms with van der Waals surface area (Å²) in [4.78, 5) is 0. The highest BCUT2D eigenvalue weighted by Gasteiger charge is 2.35. The number of hydrogen-bond acceptors (Lipinski definition) is 1. The van der Waals surface area contributed by atoms with Gasteiger partial charge in [0.1, 0.15) is 0 Å². The van der Waals surface area contributed by atoms with Crippen LogP contribution in [0.4, 0.5) is 5.69 Å². The predicted molar refractivity (Wildman–Crippen MR) is 191 cm³/mol. The van der Waals surface area contributed by atoms with Gasteiger partial charge in [-0.1, -0.05) is 123 Å². The van der Waals surface area contributed by atoms with Crippen molar-refractivity contribution in [3.8, 4) is 39.1 Å². The first-order valence-electron chi connectivity index (χ1n) is 15.6. The van der Waals surface area contributed by atoms with Crippen molar-refractivity contribution in [3.63, 3.8) is 0 Å². The molecule has 214 valence electrons. The minimum absolute atomic E-state index is 0.00771. The zero-order valence-electron chi connectivity index (χ0n) is 25.4. The fourth-order valence-electron chi connectivity index (χ4n) is 7.69. The normalized spacial score (nSPS) is 13.4. The van der Waals surface area contributed by atoms with Gasteiger partial charge in [-0.2, -0.15) is 0 Å². The highest BCUT2D eigenvalue weighted by Crippen LogP contribution is 2.49. The third-order valence-electron chi connectivity index (χ3n) is 9.98. The number of rotatable bonds is 3. The Morgan fingerprint density at radius 3 is 2.09 bits per heavy atom. The topological polar surface area (TPSA) is 30.9 Å². The van der Waals surface area contributed by atoms with E-state index in [0.29, 0.717) is 0 Å². The third kappa shape index (κ3) is 3.76. The molecule has 1 aliphatic rings. The second-order valence-electron chi connectivity index (χ2n) is 12.8. The molecule has 0 radical (unpaired) electrons. The molecule has 9 rings (SSSR count). The molecule has 0 saturated heterocycles. The molecule has 0 amide bonds. The van der Waals surface area contributed by atoms with E-state index in [-0.39, 0.29) is 5.41 Å². The number of nitrogen functional groups attached to an aromatic ring is 1. The van der Waals surface area contributed by atoms with Crippen LogP contribution < -0.4 is 5.73 Å². The van der Waals surface area contributed by atoms with Crippen LogP contribution in [0.1, 0.15) is 25.0 Å². The lowest BCUT2D eigenvalue weighted by Crippen LogP contribution is -2.14. The molecule has 1 aromatic heterocycles. The molecule has 7 aromatic carbocycles. The van der Waals surface area contributed by atoms with E-state index in [2.05, 4.69) is 158 Å². The Labute approximate surface area is 263 Å². The summed E-state index contributed by atoms with van der Waals surface area (Å²) in [7, 11) is 0. The molecule has 0 aliphatic heterocycles. The van der Waals surface area contributed by atoms with Crippen LogP contribution >= 0.6 is 0 Å². The molecule has 1 aliphatic carbocycles. The molecular weight excluding hydrogens is 544 g/mol. The zero-order valence-corrected chi connectivity index (χ0v) is 25.4. The van der Waals surface area contributed by atoms with Gasteiger partial charge in [0.25, 0.3) is 0 Å². The van der Waals surface area contributed by atoms with E-state index in [1.807, 2.05) is 6.07 Å². The van der Waals surface area contributed by atoms with Gasteiger partial charge >= 0.3 is 0 Å². The molecule has 1 heterocycles. The largest absolute Gasteiger partial charge is 0.398 e. The lowest BCUT2D eigenvalue weighted by atomic mass is 9.82. The number of nitrogens with two attached hydrogens (primary N) is 1. The molecular formula is C43H32N2. The second-order valence-corrected chi connectivity index (χ2v) is 12.8. The molecule has 2 nitrogen and oxygen atoms in total. The van der Waals surface area contributed by atoms with E-state index in [0.717, 1.165) is 27.6 Å². The van der Waals surface area contributed by atoms with Crippen molar-refractivity contribution in [2.75, 3.05) is 5.73 Å². The number of benzene rings is 7. The van der Waals surface area contributed by atoms with Gasteiger partial charge in [-0.25, -0.2) is 0 Å². The van der Waals surface area contributed by atoms with Crippen LogP contribution in [0.25, 0.3) is 71.6 Å². The first kappa shape index (κ1) is 25.9. The maximum atomic E-state index is 6.71. The average Bonchev–Trinajstić information content (AvgIpc) is 3.53. The zero-order chi connectivity index (χ0) is 30.3. The van der Waals surface area contributed by atoms with E-state index < -0.39 is 0 Å². The second kappa shape index (κ2) is 9.45. The van der Waals surface area contributed by atoms with Gasteiger partial charge in [-0.15, -0.1) is 0 Å². The lowest BCUT2D eigenvalue weighted by Gasteiger charge is -2.21. The fraction of sp³-hybridized carbons (Fsp3) is 0.0698. The van der Waals surface area contributed by atoms with E-state index in [1.165, 1.54) is 60.9 Å². The summed E-state index contributed by atoms with van der Waals surface area (Å²) in [6.07, 6.45) is 0. The van der Waals surface area contributed by atoms with Crippen molar-refractivity contribution >= 4 is 38.3 Å². The number of hydrogen-bond donors (Lipinski definition) is 1. The van der Waals surface area contributed by atoms with Gasteiger partial charge in [0.05, 0.1) is 11.0 Å². The van der Waals surface area contributed by atoms with Gasteiger partial charge in [0.2, 0.25) is 0 Å². The monoisotopic (exact) mass is 576 g/mol. The van der Waals surface area contributed by atoms with E-state index in [9.17, 15) is 0 Å². The molecule has 2 heteroatoms. The molecule has 0 bridgehead atoms. The first-order valence-corrected chi connectivity index (χ1v) is 15.6. The molecule has 0 unspecified atom stereocenters. The number of para-hydroxylation sites is 1. The summed E-state index contributed by atoms with van der Waals surface area (Å²) in [5.41, 5.74) is 21.2. The first-order chi connectivity index (χ1) is 22.0. The smallest absolute Gasteiger partial charge is 0.0541 e. The van der Waals surface area contributed by atoms with Crippen LogP contribution in [0, 0.1) is 0 Å². The summed E-state index contributed by atoms with van der Waals surface area (Å²) in [6, 6.07) is 52.9. The Bertz CT molecular complexity index is 2480. The molecule has 8 aromatic rings. The van der Waals surface area contributed by atoms with Gasteiger partial charge in [-0.05, 0) is 80.7 Å². The number of nitrogens with zero attached hydrogens (tertiary/aromatic N) is 1. The third-order valence-corrected chi connectivity index (χ3v) is 9.98. The van der Waals surface area contributed by atoms with Crippen LogP contribution in [-0.4, -0.2) is 4.57 Å². The summed E-state index contributed by atoms with van der Waals surface area (Å²) in [6.45, 7) is 4.67. The van der Waals surface area contributed by atoms with Gasteiger partial charge < -0.3 is 10.3 Å². The van der Waals surface area contributed by atoms with Crippen molar-refractivity contribution in [2.24, 2.45) is 0 Å². The number of fused-ring (bicyclic) bond motifs is 7. The number of aromatic nitrogens is 1. The fourth-order valence-corrected chi connectivity index (χ4v) is 7.69. The van der Waals surface area contributed by atoms with Crippen molar-refractivity contribution in [1.29, 1.82) is 0 Å². The molecule has 45 heavy (non-hydrogen) atoms. The predicted octanol–water partition coefficient (Wildman–Crippen LogP) is 11.2. The van der Waals surface area contributed by atoms with Crippen LogP contribution in [0.5, 0.6) is 0 Å². The van der Waals surface area contributed by atoms with Gasteiger partial charge in [-0.3, -0.25) is 0 Å². The van der Waals surface area contributed by atoms with Crippen LogP contribution in [-0.2, 0) is 5.41 Å². The molecule has 0 spiro atoms. The highest BCUT2D eigenvalue weighted by atomic mass is 15.0. The maximum absolute atomic E-state index is 6.71. The standard InChI is InChI=1S/C43H32N2/c1-43(2)38-16-7-5-14-34(38)36-26-31(20-22-39(36)43)45-40-17-8-6-15-35(40)37-25-29(19-23-41(37)45)28-11-9-12-30(24-28)33-21-18-27-10-3-4-13-32(27)42(33)44/h3-26H,44H2,1-2H3. The summed E-state index contributed by atoms with van der Waals surface area (Å²) < 4.78 is 2.43. The maximum Gasteiger partial charge on any atom is 0.0541 e.